The summed E-state index contributed by atoms with van der Waals surface area (Å²) in [6, 6.07) is 5.24. The summed E-state index contributed by atoms with van der Waals surface area (Å²) in [5.41, 5.74) is 0.594. The number of thioether (sulfide) groups is 1. The van der Waals surface area contributed by atoms with Crippen LogP contribution in [0.25, 0.3) is 0 Å². The summed E-state index contributed by atoms with van der Waals surface area (Å²) in [7, 11) is 0. The first-order chi connectivity index (χ1) is 6.81. The van der Waals surface area contributed by atoms with Crippen LogP contribution in [0.15, 0.2) is 23.1 Å². The Balaban J connectivity index is 2.42. The maximum Gasteiger partial charge on any atom is 0.170 e. The summed E-state index contributed by atoms with van der Waals surface area (Å²) in [4.78, 5) is 12.3. The number of ketones is 1. The highest BCUT2D eigenvalue weighted by molar-refractivity contribution is 8.03. The second-order valence-corrected chi connectivity index (χ2v) is 3.73. The molecule has 0 saturated carbocycles. The van der Waals surface area contributed by atoms with Gasteiger partial charge in [0.15, 0.2) is 5.78 Å². The minimum atomic E-state index is 0.0895. The Kier molecular flexibility index (Phi) is 2.42. The minimum Gasteiger partial charge on any atom is -0.492 e. The number of nitriles is 1. The van der Waals surface area contributed by atoms with Crippen molar-refractivity contribution in [2.45, 2.75) is 11.3 Å². The van der Waals surface area contributed by atoms with Crippen LogP contribution in [0.5, 0.6) is 5.75 Å². The first-order valence-corrected chi connectivity index (χ1v) is 4.99. The Morgan fingerprint density at radius 2 is 2.36 bits per heavy atom. The van der Waals surface area contributed by atoms with Gasteiger partial charge in [-0.25, -0.2) is 0 Å². The number of fused-ring (bicyclic) bond motifs is 1. The van der Waals surface area contributed by atoms with Crippen LogP contribution in [0.3, 0.4) is 0 Å². The highest BCUT2D eigenvalue weighted by Gasteiger charge is 2.18. The van der Waals surface area contributed by atoms with E-state index in [9.17, 15) is 4.79 Å². The van der Waals surface area contributed by atoms with Gasteiger partial charge in [-0.05, 0) is 30.0 Å². The van der Waals surface area contributed by atoms with Crippen molar-refractivity contribution < 1.29 is 9.53 Å². The molecule has 0 amide bonds. The average molecular weight is 205 g/mol. The number of nitrogens with zero attached hydrogens (tertiary/aromatic N) is 1. The van der Waals surface area contributed by atoms with E-state index in [2.05, 4.69) is 0 Å². The Bertz CT molecular complexity index is 423. The van der Waals surface area contributed by atoms with Gasteiger partial charge in [-0.3, -0.25) is 4.79 Å². The molecule has 70 valence electrons. The Hall–Kier alpha value is -1.47. The smallest absolute Gasteiger partial charge is 0.170 e. The molecule has 0 fully saturated rings. The van der Waals surface area contributed by atoms with Gasteiger partial charge in [0.25, 0.3) is 0 Å². The van der Waals surface area contributed by atoms with E-state index < -0.39 is 0 Å². The molecule has 0 saturated heterocycles. The molecule has 0 bridgehead atoms. The van der Waals surface area contributed by atoms with Crippen molar-refractivity contribution >= 4 is 17.5 Å². The van der Waals surface area contributed by atoms with Crippen molar-refractivity contribution in [2.75, 3.05) is 6.61 Å². The maximum atomic E-state index is 11.5. The van der Waals surface area contributed by atoms with Gasteiger partial charge in [-0.1, -0.05) is 0 Å². The predicted molar refractivity (Wildman–Crippen MR) is 52.4 cm³/mol. The number of rotatable bonds is 1. The number of carbonyl (C=O) groups is 1. The lowest BCUT2D eigenvalue weighted by atomic mass is 10.1. The molecule has 0 aliphatic carbocycles. The third kappa shape index (κ3) is 1.59. The summed E-state index contributed by atoms with van der Waals surface area (Å²) in [6.45, 7) is 0.455. The quantitative estimate of drug-likeness (QED) is 0.521. The molecule has 1 heterocycles. The lowest BCUT2D eigenvalue weighted by Gasteiger charge is -2.16. The van der Waals surface area contributed by atoms with Crippen molar-refractivity contribution in [1.82, 2.24) is 0 Å². The normalized spacial score (nSPS) is 14.1. The second-order valence-electron chi connectivity index (χ2n) is 2.87. The van der Waals surface area contributed by atoms with Crippen molar-refractivity contribution in [3.05, 3.63) is 23.8 Å². The summed E-state index contributed by atoms with van der Waals surface area (Å²) in [5, 5.41) is 10.5. The van der Waals surface area contributed by atoms with E-state index in [0.29, 0.717) is 24.3 Å². The third-order valence-corrected chi connectivity index (χ3v) is 2.58. The van der Waals surface area contributed by atoms with Crippen molar-refractivity contribution in [1.29, 1.82) is 5.26 Å². The van der Waals surface area contributed by atoms with Gasteiger partial charge in [-0.2, -0.15) is 5.26 Å². The number of thiocyanates is 1. The van der Waals surface area contributed by atoms with Crippen LogP contribution >= 0.6 is 11.8 Å². The number of carbonyl (C=O) groups excluding carboxylic acids is 1. The standard InChI is InChI=1S/C10H7NO2S/c11-6-14-7-1-2-10-8(5-7)9(12)3-4-13-10/h1-2,5H,3-4H2. The first kappa shape index (κ1) is 9.10. The van der Waals surface area contributed by atoms with E-state index in [1.54, 1.807) is 18.2 Å². The summed E-state index contributed by atoms with van der Waals surface area (Å²) >= 11 is 1.05. The lowest BCUT2D eigenvalue weighted by molar-refractivity contribution is 0.0933. The zero-order valence-electron chi connectivity index (χ0n) is 7.32. The van der Waals surface area contributed by atoms with Crippen LogP contribution in [0.2, 0.25) is 0 Å². The number of hydrogen-bond acceptors (Lipinski definition) is 4. The molecule has 0 radical (unpaired) electrons. The molecule has 0 aromatic heterocycles. The van der Waals surface area contributed by atoms with Gasteiger partial charge >= 0.3 is 0 Å². The summed E-state index contributed by atoms with van der Waals surface area (Å²) in [6.07, 6.45) is 0.424. The van der Waals surface area contributed by atoms with E-state index >= 15 is 0 Å². The van der Waals surface area contributed by atoms with E-state index in [0.717, 1.165) is 16.7 Å². The largest absolute Gasteiger partial charge is 0.492 e. The van der Waals surface area contributed by atoms with Crippen LogP contribution in [-0.4, -0.2) is 12.4 Å². The molecule has 3 nitrogen and oxygen atoms in total. The zero-order valence-corrected chi connectivity index (χ0v) is 8.13. The molecule has 0 unspecified atom stereocenters. The number of hydrogen-bond donors (Lipinski definition) is 0. The van der Waals surface area contributed by atoms with Crippen LogP contribution in [0.4, 0.5) is 0 Å². The van der Waals surface area contributed by atoms with E-state index in [-0.39, 0.29) is 5.78 Å². The molecule has 1 aromatic carbocycles. The van der Waals surface area contributed by atoms with Gasteiger partial charge in [0.2, 0.25) is 0 Å². The Labute approximate surface area is 85.7 Å². The van der Waals surface area contributed by atoms with Crippen LogP contribution in [-0.2, 0) is 0 Å². The van der Waals surface area contributed by atoms with E-state index in [1.807, 2.05) is 5.40 Å². The van der Waals surface area contributed by atoms with Gasteiger partial charge in [-0.15, -0.1) is 0 Å². The number of benzene rings is 1. The molecule has 1 aromatic rings. The van der Waals surface area contributed by atoms with Crippen molar-refractivity contribution in [3.63, 3.8) is 0 Å². The first-order valence-electron chi connectivity index (χ1n) is 4.17. The fraction of sp³-hybridized carbons (Fsp3) is 0.200. The van der Waals surface area contributed by atoms with Gasteiger partial charge in [0, 0.05) is 11.3 Å². The topological polar surface area (TPSA) is 50.1 Å². The molecule has 14 heavy (non-hydrogen) atoms. The third-order valence-electron chi connectivity index (χ3n) is 2.00. The molecule has 0 atom stereocenters. The molecular weight excluding hydrogens is 198 g/mol. The average Bonchev–Trinajstić information content (AvgIpc) is 2.20. The van der Waals surface area contributed by atoms with Gasteiger partial charge < -0.3 is 4.74 Å². The Morgan fingerprint density at radius 1 is 1.50 bits per heavy atom. The Morgan fingerprint density at radius 3 is 3.14 bits per heavy atom. The molecule has 4 heteroatoms. The fourth-order valence-corrected chi connectivity index (χ4v) is 1.78. The summed E-state index contributed by atoms with van der Waals surface area (Å²) in [5.74, 6) is 0.718. The molecule has 0 spiro atoms. The molecule has 1 aliphatic rings. The van der Waals surface area contributed by atoms with Gasteiger partial charge in [0.05, 0.1) is 12.2 Å². The molecular formula is C10H7NO2S. The number of ether oxygens (including phenoxy) is 1. The zero-order chi connectivity index (χ0) is 9.97. The van der Waals surface area contributed by atoms with Gasteiger partial charge in [0.1, 0.15) is 11.2 Å². The van der Waals surface area contributed by atoms with E-state index in [4.69, 9.17) is 10.00 Å². The van der Waals surface area contributed by atoms with Crippen molar-refractivity contribution in [3.8, 4) is 11.2 Å². The second kappa shape index (κ2) is 3.72. The SMILES string of the molecule is N#CSc1ccc2c(c1)C(=O)CCO2. The fourth-order valence-electron chi connectivity index (χ4n) is 1.36. The minimum absolute atomic E-state index is 0.0895. The van der Waals surface area contributed by atoms with Crippen LogP contribution < -0.4 is 4.74 Å². The monoisotopic (exact) mass is 205 g/mol. The number of Topliss-reactive ketones (excluding diaryl/α,β-unsaturated/α-hetero) is 1. The molecule has 1 aliphatic heterocycles. The highest BCUT2D eigenvalue weighted by atomic mass is 32.2. The molecule has 2 rings (SSSR count). The van der Waals surface area contributed by atoms with Crippen LogP contribution in [0.1, 0.15) is 16.8 Å². The maximum absolute atomic E-state index is 11.5. The lowest BCUT2D eigenvalue weighted by Crippen LogP contribution is -2.14. The van der Waals surface area contributed by atoms with Crippen molar-refractivity contribution in [2.24, 2.45) is 0 Å². The van der Waals surface area contributed by atoms with E-state index in [1.165, 1.54) is 0 Å². The predicted octanol–water partition coefficient (Wildman–Crippen LogP) is 2.22. The van der Waals surface area contributed by atoms with Crippen LogP contribution in [0, 0.1) is 10.7 Å². The summed E-state index contributed by atoms with van der Waals surface area (Å²) < 4.78 is 5.31. The highest BCUT2D eigenvalue weighted by Crippen LogP contribution is 2.29. The molecule has 0 N–H and O–H groups in total.